The van der Waals surface area contributed by atoms with Gasteiger partial charge < -0.3 is 10.0 Å². The van der Waals surface area contributed by atoms with Gasteiger partial charge in [-0.2, -0.15) is 0 Å². The smallest absolute Gasteiger partial charge is 0.279 e. The van der Waals surface area contributed by atoms with E-state index in [4.69, 9.17) is 0 Å². The number of likely N-dealkylation sites (tertiary alicyclic amines) is 2. The van der Waals surface area contributed by atoms with Crippen LogP contribution in [0.1, 0.15) is 36.3 Å². The Balaban J connectivity index is 1.14. The SMILES string of the molecule is O=C([C@@H]1CCN(Cc2ccccc2F)C[C@H]1c1ccccc1)N1CCC(O)(Cn2cnc3cccnc3c2=O)CC1. The predicted octanol–water partition coefficient (Wildman–Crippen LogP) is 3.59. The summed E-state index contributed by atoms with van der Waals surface area (Å²) in [5.41, 5.74) is 1.17. The Labute approximate surface area is 238 Å². The van der Waals surface area contributed by atoms with Crippen LogP contribution in [0.5, 0.6) is 0 Å². The molecule has 4 aromatic rings. The molecule has 0 saturated carbocycles. The lowest BCUT2D eigenvalue weighted by atomic mass is 9.79. The summed E-state index contributed by atoms with van der Waals surface area (Å²) in [4.78, 5) is 39.4. The Bertz CT molecular complexity index is 1590. The lowest BCUT2D eigenvalue weighted by Gasteiger charge is -2.43. The highest BCUT2D eigenvalue weighted by Crippen LogP contribution is 2.36. The van der Waals surface area contributed by atoms with Gasteiger partial charge in [0.05, 0.1) is 24.0 Å². The fourth-order valence-corrected chi connectivity index (χ4v) is 6.32. The van der Waals surface area contributed by atoms with Crippen molar-refractivity contribution in [1.82, 2.24) is 24.3 Å². The van der Waals surface area contributed by atoms with Crippen molar-refractivity contribution in [2.24, 2.45) is 5.92 Å². The Morgan fingerprint density at radius 3 is 2.51 bits per heavy atom. The third kappa shape index (κ3) is 5.78. The maximum Gasteiger partial charge on any atom is 0.279 e. The zero-order chi connectivity index (χ0) is 28.4. The summed E-state index contributed by atoms with van der Waals surface area (Å²) < 4.78 is 15.8. The van der Waals surface area contributed by atoms with Crippen LogP contribution in [-0.4, -0.2) is 67.1 Å². The van der Waals surface area contributed by atoms with Gasteiger partial charge in [-0.15, -0.1) is 0 Å². The van der Waals surface area contributed by atoms with Gasteiger partial charge in [0.25, 0.3) is 5.56 Å². The topological polar surface area (TPSA) is 91.6 Å². The third-order valence-electron chi connectivity index (χ3n) is 8.65. The van der Waals surface area contributed by atoms with Crippen molar-refractivity contribution in [2.75, 3.05) is 26.2 Å². The van der Waals surface area contributed by atoms with Gasteiger partial charge >= 0.3 is 0 Å². The Morgan fingerprint density at radius 2 is 1.73 bits per heavy atom. The number of aliphatic hydroxyl groups is 1. The average molecular weight is 556 g/mol. The van der Waals surface area contributed by atoms with E-state index in [0.717, 1.165) is 5.56 Å². The second-order valence-electron chi connectivity index (χ2n) is 11.3. The minimum Gasteiger partial charge on any atom is -0.388 e. The van der Waals surface area contributed by atoms with Crippen LogP contribution in [0.25, 0.3) is 11.0 Å². The van der Waals surface area contributed by atoms with E-state index < -0.39 is 5.60 Å². The van der Waals surface area contributed by atoms with Crippen molar-refractivity contribution in [3.8, 4) is 0 Å². The molecular weight excluding hydrogens is 521 g/mol. The standard InChI is InChI=1S/C32H34FN5O3/c33-27-10-5-4-9-24(27)19-36-16-12-25(26(20-36)23-7-2-1-3-8-23)30(39)37-17-13-32(41,14-18-37)21-38-22-35-28-11-6-15-34-29(28)31(38)40/h1-11,15,22,25-26,41H,12-14,16-21H2/t25-,26+/m1/s1. The van der Waals surface area contributed by atoms with Crippen molar-refractivity contribution < 1.29 is 14.3 Å². The van der Waals surface area contributed by atoms with Crippen molar-refractivity contribution >= 4 is 16.9 Å². The summed E-state index contributed by atoms with van der Waals surface area (Å²) in [6.07, 6.45) is 4.43. The summed E-state index contributed by atoms with van der Waals surface area (Å²) in [6.45, 7) is 2.82. The second kappa shape index (κ2) is 11.5. The molecule has 2 aliphatic heterocycles. The van der Waals surface area contributed by atoms with Gasteiger partial charge in [-0.05, 0) is 49.6 Å². The number of aromatic nitrogens is 3. The van der Waals surface area contributed by atoms with Crippen LogP contribution in [0.3, 0.4) is 0 Å². The molecule has 0 aliphatic carbocycles. The lowest BCUT2D eigenvalue weighted by molar-refractivity contribution is -0.142. The van der Waals surface area contributed by atoms with Crippen LogP contribution < -0.4 is 5.56 Å². The van der Waals surface area contributed by atoms with Crippen LogP contribution in [0, 0.1) is 11.7 Å². The first-order valence-electron chi connectivity index (χ1n) is 14.2. The summed E-state index contributed by atoms with van der Waals surface area (Å²) in [5.74, 6) is -0.320. The Hall–Kier alpha value is -3.95. The van der Waals surface area contributed by atoms with E-state index in [1.165, 1.54) is 17.0 Å². The molecule has 1 amide bonds. The third-order valence-corrected chi connectivity index (χ3v) is 8.65. The molecule has 2 aliphatic rings. The monoisotopic (exact) mass is 555 g/mol. The molecule has 2 aromatic heterocycles. The molecule has 0 radical (unpaired) electrons. The highest BCUT2D eigenvalue weighted by atomic mass is 19.1. The summed E-state index contributed by atoms with van der Waals surface area (Å²) in [7, 11) is 0. The molecule has 212 valence electrons. The second-order valence-corrected chi connectivity index (χ2v) is 11.3. The first kappa shape index (κ1) is 27.2. The fraction of sp³-hybridized carbons (Fsp3) is 0.375. The molecule has 41 heavy (non-hydrogen) atoms. The van der Waals surface area contributed by atoms with Crippen molar-refractivity contribution in [3.63, 3.8) is 0 Å². The van der Waals surface area contributed by atoms with E-state index in [1.807, 2.05) is 35.2 Å². The number of pyridine rings is 1. The minimum atomic E-state index is -1.12. The molecule has 6 rings (SSSR count). The molecule has 2 saturated heterocycles. The summed E-state index contributed by atoms with van der Waals surface area (Å²) in [6, 6.07) is 20.4. The van der Waals surface area contributed by atoms with Gasteiger partial charge in [0.1, 0.15) is 5.82 Å². The van der Waals surface area contributed by atoms with Crippen LogP contribution in [0.2, 0.25) is 0 Å². The molecule has 2 aromatic carbocycles. The van der Waals surface area contributed by atoms with Gasteiger partial charge in [0.2, 0.25) is 5.91 Å². The van der Waals surface area contributed by atoms with E-state index in [9.17, 15) is 19.1 Å². The van der Waals surface area contributed by atoms with E-state index >= 15 is 0 Å². The summed E-state index contributed by atoms with van der Waals surface area (Å²) >= 11 is 0. The largest absolute Gasteiger partial charge is 0.388 e. The van der Waals surface area contributed by atoms with Gasteiger partial charge in [-0.25, -0.2) is 14.4 Å². The number of hydrogen-bond donors (Lipinski definition) is 1. The molecule has 8 nitrogen and oxygen atoms in total. The normalized spacial score (nSPS) is 21.2. The van der Waals surface area contributed by atoms with Crippen molar-refractivity contribution in [1.29, 1.82) is 0 Å². The first-order valence-corrected chi connectivity index (χ1v) is 14.2. The predicted molar refractivity (Wildman–Crippen MR) is 154 cm³/mol. The number of carbonyl (C=O) groups is 1. The first-order chi connectivity index (χ1) is 19.9. The van der Waals surface area contributed by atoms with Gasteiger partial charge in [0.15, 0.2) is 5.52 Å². The maximum atomic E-state index is 14.4. The van der Waals surface area contributed by atoms with Gasteiger partial charge in [-0.3, -0.25) is 19.1 Å². The molecule has 9 heteroatoms. The molecule has 1 N–H and O–H groups in total. The van der Waals surface area contributed by atoms with Crippen LogP contribution in [-0.2, 0) is 17.9 Å². The molecular formula is C32H34FN5O3. The number of halogens is 1. The number of fused-ring (bicyclic) bond motifs is 1. The van der Waals surface area contributed by atoms with E-state index in [0.29, 0.717) is 63.1 Å². The zero-order valence-electron chi connectivity index (χ0n) is 22.9. The fourth-order valence-electron chi connectivity index (χ4n) is 6.32. The average Bonchev–Trinajstić information content (AvgIpc) is 3.00. The number of piperidine rings is 2. The molecule has 2 fully saturated rings. The van der Waals surface area contributed by atoms with Crippen molar-refractivity contribution in [3.05, 3.63) is 107 Å². The number of rotatable bonds is 6. The molecule has 2 atom stereocenters. The number of hydrogen-bond acceptors (Lipinski definition) is 6. The number of amides is 1. The highest BCUT2D eigenvalue weighted by Gasteiger charge is 2.41. The minimum absolute atomic E-state index is 0.0141. The summed E-state index contributed by atoms with van der Waals surface area (Å²) in [5, 5.41) is 11.4. The Morgan fingerprint density at radius 1 is 0.976 bits per heavy atom. The van der Waals surface area contributed by atoms with E-state index in [2.05, 4.69) is 27.0 Å². The van der Waals surface area contributed by atoms with Crippen LogP contribution in [0.15, 0.2) is 84.0 Å². The van der Waals surface area contributed by atoms with Crippen LogP contribution in [0.4, 0.5) is 4.39 Å². The van der Waals surface area contributed by atoms with Gasteiger partial charge in [-0.1, -0.05) is 48.5 Å². The number of benzene rings is 2. The number of carbonyl (C=O) groups excluding carboxylic acids is 1. The highest BCUT2D eigenvalue weighted by molar-refractivity contribution is 5.80. The number of nitrogens with zero attached hydrogens (tertiary/aromatic N) is 5. The molecule has 0 spiro atoms. The quantitative estimate of drug-likeness (QED) is 0.391. The van der Waals surface area contributed by atoms with Gasteiger partial charge in [0, 0.05) is 49.8 Å². The molecule has 0 bridgehead atoms. The maximum absolute atomic E-state index is 14.4. The molecule has 0 unspecified atom stereocenters. The van der Waals surface area contributed by atoms with Crippen molar-refractivity contribution in [2.45, 2.75) is 43.9 Å². The molecule has 4 heterocycles. The lowest BCUT2D eigenvalue weighted by Crippen LogP contribution is -2.53. The Kier molecular flexibility index (Phi) is 7.64. The van der Waals surface area contributed by atoms with E-state index in [-0.39, 0.29) is 41.2 Å². The van der Waals surface area contributed by atoms with Crippen LogP contribution >= 0.6 is 0 Å². The van der Waals surface area contributed by atoms with E-state index in [1.54, 1.807) is 24.4 Å². The zero-order valence-corrected chi connectivity index (χ0v) is 22.9.